The minimum Gasteiger partial charge on any atom is -0.742 e. The van der Waals surface area contributed by atoms with Crippen LogP contribution in [0, 0.1) is 22.0 Å². The van der Waals surface area contributed by atoms with Crippen molar-refractivity contribution in [2.75, 3.05) is 5.75 Å². The van der Waals surface area contributed by atoms with Gasteiger partial charge in [0.05, 0.1) is 11.2 Å². The molecule has 2 unspecified atom stereocenters. The zero-order chi connectivity index (χ0) is 24.6. The van der Waals surface area contributed by atoms with Crippen LogP contribution in [0.25, 0.3) is 0 Å². The van der Waals surface area contributed by atoms with Crippen molar-refractivity contribution in [3.8, 4) is 0 Å². The van der Waals surface area contributed by atoms with Crippen LogP contribution >= 0.6 is 0 Å². The van der Waals surface area contributed by atoms with Gasteiger partial charge in [0.1, 0.15) is 5.78 Å². The highest BCUT2D eigenvalue weighted by Gasteiger charge is 2.84. The molecule has 0 aromatic heterocycles. The van der Waals surface area contributed by atoms with Crippen LogP contribution in [0.15, 0.2) is 0 Å². The molecule has 0 heterocycles. The van der Waals surface area contributed by atoms with Crippen LogP contribution in [0.4, 0.5) is 39.5 Å². The van der Waals surface area contributed by atoms with E-state index in [1.54, 1.807) is 0 Å². The second-order valence-electron chi connectivity index (χ2n) is 8.18. The molecule has 180 valence electrons. The Morgan fingerprint density at radius 2 is 1.55 bits per heavy atom. The predicted molar refractivity (Wildman–Crippen MR) is 83.5 cm³/mol. The number of Topliss-reactive ketones (excluding diaryl/α,β-unsaturated/α-hetero) is 1. The van der Waals surface area contributed by atoms with E-state index < -0.39 is 66.7 Å². The van der Waals surface area contributed by atoms with Gasteiger partial charge in [-0.05, 0) is 24.2 Å². The molecule has 0 radical (unpaired) electrons. The number of fused-ring (bicyclic) bond motifs is 2. The number of sulfonamides is 1. The third-order valence-corrected chi connectivity index (χ3v) is 7.93. The van der Waals surface area contributed by atoms with Gasteiger partial charge in [0, 0.05) is 6.42 Å². The average Bonchev–Trinajstić information content (AvgIpc) is 2.92. The summed E-state index contributed by atoms with van der Waals surface area (Å²) in [4.78, 5) is 23.7. The first kappa shape index (κ1) is 25.7. The maximum atomic E-state index is 13.7. The van der Waals surface area contributed by atoms with Gasteiger partial charge in [0.25, 0.3) is 0 Å². The molecule has 2 bridgehead atoms. The first-order valence-corrected chi connectivity index (χ1v) is 10.1. The van der Waals surface area contributed by atoms with Crippen molar-refractivity contribution < 1.29 is 57.5 Å². The second kappa shape index (κ2) is 6.71. The van der Waals surface area contributed by atoms with E-state index in [1.807, 2.05) is 0 Å². The number of ketones is 1. The summed E-state index contributed by atoms with van der Waals surface area (Å²) in [5, 5.41) is 11.7. The van der Waals surface area contributed by atoms with E-state index in [4.69, 9.17) is 0 Å². The van der Waals surface area contributed by atoms with Gasteiger partial charge in [0.15, 0.2) is 0 Å². The number of carbonyl (C=O) groups is 2. The predicted octanol–water partition coefficient (Wildman–Crippen LogP) is 3.51. The van der Waals surface area contributed by atoms with E-state index in [9.17, 15) is 62.7 Å². The Bertz CT molecular complexity index is 899. The van der Waals surface area contributed by atoms with Gasteiger partial charge in [-0.2, -0.15) is 39.5 Å². The fourth-order valence-electron chi connectivity index (χ4n) is 4.23. The lowest BCUT2D eigenvalue weighted by Crippen LogP contribution is -2.65. The lowest BCUT2D eigenvalue weighted by molar-refractivity contribution is -0.389. The normalized spacial score (nSPS) is 27.0. The van der Waals surface area contributed by atoms with Gasteiger partial charge in [0.2, 0.25) is 10.0 Å². The quantitative estimate of drug-likeness (QED) is 0.418. The summed E-state index contributed by atoms with van der Waals surface area (Å²) >= 11 is 0. The van der Waals surface area contributed by atoms with E-state index in [1.165, 1.54) is 13.8 Å². The van der Waals surface area contributed by atoms with Crippen molar-refractivity contribution in [1.82, 2.24) is 4.47 Å². The van der Waals surface area contributed by atoms with Crippen LogP contribution in [0.5, 0.6) is 0 Å². The Morgan fingerprint density at radius 1 is 1.06 bits per heavy atom. The molecular weight excluding hydrogens is 477 g/mol. The molecule has 0 aromatic carbocycles. The van der Waals surface area contributed by atoms with Crippen molar-refractivity contribution in [3.05, 3.63) is 5.21 Å². The number of hydrogen-bond donors (Lipinski definition) is 0. The average molecular weight is 492 g/mol. The first-order valence-electron chi connectivity index (χ1n) is 8.49. The third kappa shape index (κ3) is 3.23. The van der Waals surface area contributed by atoms with Crippen LogP contribution in [0.3, 0.4) is 0 Å². The van der Waals surface area contributed by atoms with E-state index in [0.29, 0.717) is 0 Å². The lowest BCUT2D eigenvalue weighted by atomic mass is 9.70. The molecule has 16 heteroatoms. The molecule has 0 saturated heterocycles. The number of alkyl halides is 9. The molecule has 2 aliphatic carbocycles. The van der Waals surface area contributed by atoms with Crippen molar-refractivity contribution in [2.24, 2.45) is 16.7 Å². The summed E-state index contributed by atoms with van der Waals surface area (Å²) in [7, 11) is -5.85. The van der Waals surface area contributed by atoms with Crippen LogP contribution in [-0.2, 0) is 19.6 Å². The van der Waals surface area contributed by atoms with Crippen molar-refractivity contribution in [1.29, 1.82) is 0 Å². The van der Waals surface area contributed by atoms with Crippen LogP contribution < -0.4 is 0 Å². The lowest BCUT2D eigenvalue weighted by Gasteiger charge is -2.40. The summed E-state index contributed by atoms with van der Waals surface area (Å²) < 4.78 is 138. The largest absolute Gasteiger partial charge is 0.742 e. The number of nitrogens with zero attached hydrogens (tertiary/aromatic N) is 1. The standard InChI is InChI=1S/C15H15F9NO5S/c1-10(2)7-3-4-11(10,8(26)5-7)6-31(29,30)25(28)9(27)12(16,17)13(18,19)14(20,21)15(22,23)24/h7H,3-6H2,1-2H3/q-1. The highest BCUT2D eigenvalue weighted by atomic mass is 32.2. The molecule has 2 fully saturated rings. The van der Waals surface area contributed by atoms with Gasteiger partial charge < -0.3 is 9.68 Å². The van der Waals surface area contributed by atoms with Gasteiger partial charge in [-0.3, -0.25) is 9.59 Å². The van der Waals surface area contributed by atoms with Crippen molar-refractivity contribution in [2.45, 2.75) is 57.1 Å². The van der Waals surface area contributed by atoms with E-state index in [-0.39, 0.29) is 25.2 Å². The van der Waals surface area contributed by atoms with Gasteiger partial charge >= 0.3 is 29.9 Å². The molecule has 2 saturated carbocycles. The van der Waals surface area contributed by atoms with E-state index in [2.05, 4.69) is 0 Å². The minimum absolute atomic E-state index is 0.138. The molecule has 0 aliphatic heterocycles. The zero-order valence-corrected chi connectivity index (χ0v) is 16.5. The zero-order valence-electron chi connectivity index (χ0n) is 15.7. The molecule has 6 nitrogen and oxygen atoms in total. The Hall–Kier alpha value is -1.58. The fourth-order valence-corrected chi connectivity index (χ4v) is 6.01. The summed E-state index contributed by atoms with van der Waals surface area (Å²) in [6.45, 7) is 2.85. The topological polar surface area (TPSA) is 94.6 Å². The van der Waals surface area contributed by atoms with Gasteiger partial charge in [-0.1, -0.05) is 13.8 Å². The molecule has 2 atom stereocenters. The van der Waals surface area contributed by atoms with Crippen molar-refractivity contribution in [3.63, 3.8) is 0 Å². The van der Waals surface area contributed by atoms with Crippen LogP contribution in [-0.4, -0.2) is 54.3 Å². The molecule has 2 aliphatic rings. The molecule has 1 amide bonds. The highest BCUT2D eigenvalue weighted by Crippen LogP contribution is 2.64. The number of hydroxylamine groups is 1. The molecular formula is C15H15F9NO5S-. The summed E-state index contributed by atoms with van der Waals surface area (Å²) in [6, 6.07) is 0. The number of halogens is 9. The molecule has 0 N–H and O–H groups in total. The Balaban J connectivity index is 2.40. The number of hydrogen-bond acceptors (Lipinski definition) is 5. The second-order valence-corrected chi connectivity index (χ2v) is 9.96. The van der Waals surface area contributed by atoms with E-state index in [0.717, 1.165) is 0 Å². The maximum Gasteiger partial charge on any atom is 0.460 e. The number of carbonyl (C=O) groups excluding carboxylic acids is 2. The SMILES string of the molecule is CC1(C)C2CCC1(CS(=O)(=O)N([O-])C(=O)C(F)(F)C(F)(F)C(F)(F)C(F)(F)F)C(=O)C2. The van der Waals surface area contributed by atoms with Gasteiger partial charge in [-0.15, -0.1) is 0 Å². The van der Waals surface area contributed by atoms with Crippen molar-refractivity contribution >= 4 is 21.7 Å². The Morgan fingerprint density at radius 3 is 1.90 bits per heavy atom. The minimum atomic E-state index is -7.49. The monoisotopic (exact) mass is 492 g/mol. The fraction of sp³-hybridized carbons (Fsp3) is 0.867. The van der Waals surface area contributed by atoms with E-state index >= 15 is 0 Å². The Labute approximate surface area is 169 Å². The molecule has 0 spiro atoms. The van der Waals surface area contributed by atoms with Gasteiger partial charge in [-0.25, -0.2) is 8.42 Å². The number of rotatable bonds is 6. The molecule has 2 rings (SSSR count). The summed E-state index contributed by atoms with van der Waals surface area (Å²) in [5.41, 5.74) is -2.94. The smallest absolute Gasteiger partial charge is 0.460 e. The Kier molecular flexibility index (Phi) is 5.56. The third-order valence-electron chi connectivity index (χ3n) is 6.40. The number of amides is 1. The molecule has 0 aromatic rings. The van der Waals surface area contributed by atoms with Crippen LogP contribution in [0.2, 0.25) is 0 Å². The molecule has 31 heavy (non-hydrogen) atoms. The van der Waals surface area contributed by atoms with Crippen LogP contribution in [0.1, 0.15) is 33.1 Å². The summed E-state index contributed by atoms with van der Waals surface area (Å²) in [6.07, 6.45) is -7.26. The first-order chi connectivity index (χ1) is 13.5. The summed E-state index contributed by atoms with van der Waals surface area (Å²) in [5.74, 6) is -28.7. The maximum absolute atomic E-state index is 13.7. The highest BCUT2D eigenvalue weighted by molar-refractivity contribution is 7.89.